The van der Waals surface area contributed by atoms with E-state index in [2.05, 4.69) is 31.7 Å². The molecule has 0 amide bonds. The summed E-state index contributed by atoms with van der Waals surface area (Å²) in [5.74, 6) is -1.81. The van der Waals surface area contributed by atoms with E-state index in [-0.39, 0.29) is 23.4 Å². The molecule has 6 N–H and O–H groups in total. The molecule has 2 unspecified atom stereocenters. The first-order valence-electron chi connectivity index (χ1n) is 11.4. The first-order chi connectivity index (χ1) is 17.4. The fraction of sp³-hybridized carbons (Fsp3) is 0.500. The zero-order valence-corrected chi connectivity index (χ0v) is 21.7. The molecule has 2 aliphatic carbocycles. The zero-order chi connectivity index (χ0) is 26.5. The minimum atomic E-state index is -4.80. The number of hydrogen-bond acceptors (Lipinski definition) is 10. The lowest BCUT2D eigenvalue weighted by Gasteiger charge is -2.19. The molecule has 2 aliphatic rings. The number of halogens is 1. The molecule has 0 aliphatic heterocycles. The molecule has 3 aromatic rings. The van der Waals surface area contributed by atoms with Crippen molar-refractivity contribution in [2.45, 2.75) is 43.6 Å². The number of aryl methyl sites for hydroxylation is 1. The Morgan fingerprint density at radius 2 is 1.89 bits per heavy atom. The van der Waals surface area contributed by atoms with Gasteiger partial charge in [-0.1, -0.05) is 29.5 Å². The molecule has 1 saturated carbocycles. The fourth-order valence-electron chi connectivity index (χ4n) is 4.99. The number of benzene rings is 1. The van der Waals surface area contributed by atoms with Gasteiger partial charge in [0.15, 0.2) is 22.9 Å². The number of rotatable bonds is 8. The fourth-order valence-corrected chi connectivity index (χ4v) is 7.77. The maximum absolute atomic E-state index is 12.0. The summed E-state index contributed by atoms with van der Waals surface area (Å²) >= 11 is 6.21. The van der Waals surface area contributed by atoms with Gasteiger partial charge in [-0.3, -0.25) is 9.13 Å². The topological polar surface area (TPSA) is 213 Å². The van der Waals surface area contributed by atoms with Crippen molar-refractivity contribution < 1.29 is 38.5 Å². The van der Waals surface area contributed by atoms with Crippen LogP contribution in [-0.2, 0) is 20.1 Å². The van der Waals surface area contributed by atoms with Crippen LogP contribution in [0.1, 0.15) is 36.1 Å². The van der Waals surface area contributed by atoms with Gasteiger partial charge < -0.3 is 34.7 Å². The molecule has 0 radical (unpaired) electrons. The molecule has 0 bridgehead atoms. The van der Waals surface area contributed by atoms with Gasteiger partial charge in [0.25, 0.3) is 0 Å². The third-order valence-electron chi connectivity index (χ3n) is 6.68. The predicted molar refractivity (Wildman–Crippen MR) is 131 cm³/mol. The molecule has 2 aromatic heterocycles. The summed E-state index contributed by atoms with van der Waals surface area (Å²) in [6, 6.07) is 7.22. The highest BCUT2D eigenvalue weighted by Crippen LogP contribution is 2.56. The Morgan fingerprint density at radius 1 is 1.14 bits per heavy atom. The van der Waals surface area contributed by atoms with Crippen molar-refractivity contribution in [2.24, 2.45) is 5.92 Å². The second kappa shape index (κ2) is 9.96. The van der Waals surface area contributed by atoms with Gasteiger partial charge in [-0.2, -0.15) is 9.97 Å². The van der Waals surface area contributed by atoms with Gasteiger partial charge in [0.2, 0.25) is 5.28 Å². The van der Waals surface area contributed by atoms with Crippen LogP contribution >= 0.6 is 26.8 Å². The number of hydrogen-bond donors (Lipinski definition) is 6. The monoisotopic (exact) mass is 574 g/mol. The largest absolute Gasteiger partial charge is 0.390 e. The van der Waals surface area contributed by atoms with E-state index in [0.717, 1.165) is 18.4 Å². The maximum atomic E-state index is 12.0. The third kappa shape index (κ3) is 5.58. The summed E-state index contributed by atoms with van der Waals surface area (Å²) < 4.78 is 29.2. The van der Waals surface area contributed by atoms with Crippen LogP contribution in [0.4, 0.5) is 5.82 Å². The van der Waals surface area contributed by atoms with E-state index in [1.807, 2.05) is 18.2 Å². The Balaban J connectivity index is 1.37. The van der Waals surface area contributed by atoms with Crippen LogP contribution in [-0.4, -0.2) is 74.6 Å². The normalized spacial score (nSPS) is 27.4. The smallest absolute Gasteiger partial charge is 0.340 e. The van der Waals surface area contributed by atoms with E-state index in [1.54, 1.807) is 0 Å². The average Bonchev–Trinajstić information content (AvgIpc) is 3.48. The highest BCUT2D eigenvalue weighted by atomic mass is 35.5. The highest BCUT2D eigenvalue weighted by molar-refractivity contribution is 7.70. The van der Waals surface area contributed by atoms with Gasteiger partial charge in [-0.25, -0.2) is 4.68 Å². The third-order valence-corrected chi connectivity index (χ3v) is 10.3. The second-order valence-electron chi connectivity index (χ2n) is 9.27. The molecule has 0 spiro atoms. The van der Waals surface area contributed by atoms with E-state index in [4.69, 9.17) is 25.9 Å². The summed E-state index contributed by atoms with van der Waals surface area (Å²) in [6.45, 7) is -0.515. The van der Waals surface area contributed by atoms with Gasteiger partial charge in [0, 0.05) is 5.92 Å². The quantitative estimate of drug-likeness (QED) is 0.167. The van der Waals surface area contributed by atoms with E-state index in [1.165, 1.54) is 10.2 Å². The van der Waals surface area contributed by atoms with Crippen molar-refractivity contribution in [3.05, 3.63) is 40.7 Å². The van der Waals surface area contributed by atoms with Gasteiger partial charge in [0.1, 0.15) is 6.10 Å². The lowest BCUT2D eigenvalue weighted by Crippen LogP contribution is -2.31. The molecule has 0 saturated heterocycles. The van der Waals surface area contributed by atoms with E-state index in [9.17, 15) is 24.2 Å². The molecule has 14 nitrogen and oxygen atoms in total. The summed E-state index contributed by atoms with van der Waals surface area (Å²) in [6.07, 6.45) is -0.915. The van der Waals surface area contributed by atoms with Crippen molar-refractivity contribution in [2.75, 3.05) is 17.8 Å². The van der Waals surface area contributed by atoms with Crippen molar-refractivity contribution in [1.82, 2.24) is 25.0 Å². The van der Waals surface area contributed by atoms with E-state index in [0.29, 0.717) is 11.3 Å². The highest BCUT2D eigenvalue weighted by Gasteiger charge is 2.45. The van der Waals surface area contributed by atoms with Crippen LogP contribution in [0.2, 0.25) is 5.28 Å². The lowest BCUT2D eigenvalue weighted by molar-refractivity contribution is -0.00362. The molecular weight excluding hydrogens is 550 g/mol. The minimum absolute atomic E-state index is 0.0155. The molecule has 5 rings (SSSR count). The Kier molecular flexibility index (Phi) is 7.16. The number of aromatic nitrogens is 5. The Hall–Kier alpha value is -1.99. The van der Waals surface area contributed by atoms with E-state index < -0.39 is 51.9 Å². The standard InChI is InChI=1S/C20H25ClN6O8P2/c21-20-23-18(22-13-6-5-10-3-1-2-4-12(10)13)15-19(24-20)27(26-25-15)14-7-11(16(28)17(14)29)8-35-37(33,34)9-36(30,31)32/h1-4,11,13-14,16-17,28-29H,5-9H2,(H,33,34)(H,22,23,24)(H2,30,31,32)/t11-,13?,14-,16-,17+/m1/s1. The number of aliphatic hydroxyl groups is 2. The van der Waals surface area contributed by atoms with Crippen LogP contribution in [0.25, 0.3) is 11.2 Å². The van der Waals surface area contributed by atoms with E-state index >= 15 is 0 Å². The lowest BCUT2D eigenvalue weighted by atomic mass is 10.1. The molecule has 17 heteroatoms. The number of nitrogens with one attached hydrogen (secondary N) is 1. The van der Waals surface area contributed by atoms with Gasteiger partial charge >= 0.3 is 15.2 Å². The maximum Gasteiger partial charge on any atom is 0.340 e. The van der Waals surface area contributed by atoms with Gasteiger partial charge in [-0.15, -0.1) is 5.10 Å². The van der Waals surface area contributed by atoms with Crippen molar-refractivity contribution >= 4 is 43.8 Å². The summed E-state index contributed by atoms with van der Waals surface area (Å²) in [4.78, 5) is 36.1. The SMILES string of the molecule is O=P(O)(O)CP(=O)(O)OC[C@H]1C[C@@H](n2nnc3c(NC4CCc5ccccc54)nc(Cl)nc32)[C@H](O)[C@@H]1O. The van der Waals surface area contributed by atoms with Crippen molar-refractivity contribution in [3.8, 4) is 0 Å². The molecule has 6 atom stereocenters. The van der Waals surface area contributed by atoms with Crippen LogP contribution < -0.4 is 5.32 Å². The predicted octanol–water partition coefficient (Wildman–Crippen LogP) is 1.59. The summed E-state index contributed by atoms with van der Waals surface area (Å²) in [7, 11) is -9.42. The van der Waals surface area contributed by atoms with Crippen LogP contribution in [0.15, 0.2) is 24.3 Å². The molecule has 2 heterocycles. The number of fused-ring (bicyclic) bond motifs is 2. The molecular formula is C20H25ClN6O8P2. The average molecular weight is 575 g/mol. The van der Waals surface area contributed by atoms with Crippen LogP contribution in [0.3, 0.4) is 0 Å². The molecule has 37 heavy (non-hydrogen) atoms. The van der Waals surface area contributed by atoms with Crippen molar-refractivity contribution in [1.29, 1.82) is 0 Å². The van der Waals surface area contributed by atoms with Gasteiger partial charge in [0.05, 0.1) is 24.8 Å². The molecule has 1 aromatic carbocycles. The van der Waals surface area contributed by atoms with Crippen molar-refractivity contribution in [3.63, 3.8) is 0 Å². The minimum Gasteiger partial charge on any atom is -0.390 e. The Bertz CT molecular complexity index is 1420. The second-order valence-corrected chi connectivity index (χ2v) is 13.6. The molecule has 200 valence electrons. The number of nitrogens with zero attached hydrogens (tertiary/aromatic N) is 5. The number of aliphatic hydroxyl groups excluding tert-OH is 2. The summed E-state index contributed by atoms with van der Waals surface area (Å²) in [5, 5.41) is 32.8. The number of anilines is 1. The Labute approximate surface area is 215 Å². The van der Waals surface area contributed by atoms with Gasteiger partial charge in [-0.05, 0) is 42.0 Å². The molecule has 1 fully saturated rings. The van der Waals surface area contributed by atoms with Crippen LogP contribution in [0, 0.1) is 5.92 Å². The Morgan fingerprint density at radius 3 is 2.65 bits per heavy atom. The zero-order valence-electron chi connectivity index (χ0n) is 19.2. The first kappa shape index (κ1) is 26.6. The summed E-state index contributed by atoms with van der Waals surface area (Å²) in [5.41, 5.74) is 2.93. The first-order valence-corrected chi connectivity index (χ1v) is 15.4. The van der Waals surface area contributed by atoms with Crippen LogP contribution in [0.5, 0.6) is 0 Å².